The van der Waals surface area contributed by atoms with Gasteiger partial charge in [0.25, 0.3) is 0 Å². The summed E-state index contributed by atoms with van der Waals surface area (Å²) in [5.74, 6) is -1.92. The second-order valence-electron chi connectivity index (χ2n) is 3.84. The summed E-state index contributed by atoms with van der Waals surface area (Å²) in [6, 6.07) is 0.639. The highest BCUT2D eigenvalue weighted by atomic mass is 35.5. The van der Waals surface area contributed by atoms with Crippen LogP contribution < -0.4 is 4.90 Å². The molecule has 110 valence electrons. The molecule has 0 aliphatic rings. The second kappa shape index (κ2) is 6.08. The van der Waals surface area contributed by atoms with Gasteiger partial charge >= 0.3 is 12.1 Å². The number of nitrogens with zero attached hydrogens (tertiary/aromatic N) is 2. The van der Waals surface area contributed by atoms with Gasteiger partial charge in [-0.25, -0.2) is 4.98 Å². The molecular weight excluding hydrogens is 301 g/mol. The zero-order valence-corrected chi connectivity index (χ0v) is 11.0. The number of anilines is 1. The van der Waals surface area contributed by atoms with E-state index in [0.717, 1.165) is 11.8 Å². The van der Waals surface area contributed by atoms with E-state index >= 15 is 0 Å². The van der Waals surface area contributed by atoms with Crippen molar-refractivity contribution in [2.75, 3.05) is 11.4 Å². The number of carbonyl (C=O) groups is 2. The first-order valence-corrected chi connectivity index (χ1v) is 5.73. The van der Waals surface area contributed by atoms with E-state index < -0.39 is 23.6 Å². The average molecular weight is 311 g/mol. The summed E-state index contributed by atoms with van der Waals surface area (Å²) in [5.41, 5.74) is -1.05. The summed E-state index contributed by atoms with van der Waals surface area (Å²) in [6.45, 7) is 0.903. The maximum atomic E-state index is 12.5. The number of hydrogen-bond acceptors (Lipinski definition) is 3. The molecule has 0 aliphatic carbocycles. The van der Waals surface area contributed by atoms with Crippen molar-refractivity contribution in [1.82, 2.24) is 4.98 Å². The zero-order chi connectivity index (χ0) is 15.5. The van der Waals surface area contributed by atoms with Gasteiger partial charge in [0, 0.05) is 19.7 Å². The Morgan fingerprint density at radius 3 is 2.45 bits per heavy atom. The number of carbonyl (C=O) groups excluding carboxylic acids is 1. The van der Waals surface area contributed by atoms with E-state index in [0.29, 0.717) is 12.3 Å². The third-order valence-electron chi connectivity index (χ3n) is 2.33. The van der Waals surface area contributed by atoms with Crippen LogP contribution >= 0.6 is 11.6 Å². The fourth-order valence-electron chi connectivity index (χ4n) is 1.40. The molecule has 1 aromatic rings. The molecule has 1 N–H and O–H groups in total. The van der Waals surface area contributed by atoms with E-state index in [1.165, 1.54) is 0 Å². The summed E-state index contributed by atoms with van der Waals surface area (Å²) in [4.78, 5) is 26.3. The SMILES string of the molecule is CC(=O)N(CCC(=O)O)c1ncc(C(F)(F)F)cc1Cl. The van der Waals surface area contributed by atoms with Crippen LogP contribution in [0.3, 0.4) is 0 Å². The first kappa shape index (κ1) is 16.2. The van der Waals surface area contributed by atoms with Gasteiger partial charge in [0.1, 0.15) is 0 Å². The van der Waals surface area contributed by atoms with Crippen molar-refractivity contribution in [3.8, 4) is 0 Å². The smallest absolute Gasteiger partial charge is 0.417 e. The predicted octanol–water partition coefficient (Wildman–Crippen LogP) is 2.58. The van der Waals surface area contributed by atoms with Crippen LogP contribution in [0, 0.1) is 0 Å². The molecule has 1 amide bonds. The number of aromatic nitrogens is 1. The lowest BCUT2D eigenvalue weighted by Gasteiger charge is -2.20. The van der Waals surface area contributed by atoms with E-state index in [1.807, 2.05) is 0 Å². The number of carboxylic acid groups (broad SMARTS) is 1. The van der Waals surface area contributed by atoms with Crippen molar-refractivity contribution >= 4 is 29.3 Å². The minimum Gasteiger partial charge on any atom is -0.481 e. The monoisotopic (exact) mass is 310 g/mol. The lowest BCUT2D eigenvalue weighted by atomic mass is 10.2. The molecular formula is C11H10ClF3N2O3. The Morgan fingerprint density at radius 2 is 2.05 bits per heavy atom. The van der Waals surface area contributed by atoms with Crippen LogP contribution in [-0.4, -0.2) is 28.5 Å². The molecule has 0 atom stereocenters. The summed E-state index contributed by atoms with van der Waals surface area (Å²) in [6.07, 6.45) is -4.44. The van der Waals surface area contributed by atoms with Gasteiger partial charge in [-0.1, -0.05) is 11.6 Å². The van der Waals surface area contributed by atoms with Crippen LogP contribution in [0.15, 0.2) is 12.3 Å². The minimum absolute atomic E-state index is 0.201. The standard InChI is InChI=1S/C11H10ClF3N2O3/c1-6(18)17(3-2-9(19)20)10-8(12)4-7(5-16-10)11(13,14)15/h4-5H,2-3H2,1H3,(H,19,20). The predicted molar refractivity (Wildman–Crippen MR) is 64.5 cm³/mol. The van der Waals surface area contributed by atoms with Crippen molar-refractivity contribution in [2.24, 2.45) is 0 Å². The zero-order valence-electron chi connectivity index (χ0n) is 10.2. The Balaban J connectivity index is 3.09. The van der Waals surface area contributed by atoms with Crippen LogP contribution in [0.5, 0.6) is 0 Å². The molecule has 0 saturated carbocycles. The molecule has 1 aromatic heterocycles. The number of amides is 1. The maximum Gasteiger partial charge on any atom is 0.417 e. The molecule has 1 rings (SSSR count). The topological polar surface area (TPSA) is 70.5 Å². The molecule has 1 heterocycles. The third kappa shape index (κ3) is 4.09. The normalized spacial score (nSPS) is 11.2. The second-order valence-corrected chi connectivity index (χ2v) is 4.25. The van der Waals surface area contributed by atoms with Crippen LogP contribution in [-0.2, 0) is 15.8 Å². The highest BCUT2D eigenvalue weighted by Crippen LogP contribution is 2.33. The number of carboxylic acids is 1. The van der Waals surface area contributed by atoms with Gasteiger partial charge in [-0.2, -0.15) is 13.2 Å². The van der Waals surface area contributed by atoms with Crippen LogP contribution in [0.4, 0.5) is 19.0 Å². The molecule has 20 heavy (non-hydrogen) atoms. The molecule has 0 saturated heterocycles. The largest absolute Gasteiger partial charge is 0.481 e. The lowest BCUT2D eigenvalue weighted by molar-refractivity contribution is -0.138. The quantitative estimate of drug-likeness (QED) is 0.928. The number of alkyl halides is 3. The highest BCUT2D eigenvalue weighted by molar-refractivity contribution is 6.33. The van der Waals surface area contributed by atoms with Crippen molar-refractivity contribution in [1.29, 1.82) is 0 Å². The molecule has 5 nitrogen and oxygen atoms in total. The molecule has 0 unspecified atom stereocenters. The van der Waals surface area contributed by atoms with Gasteiger partial charge in [-0.05, 0) is 6.07 Å². The molecule has 0 bridgehead atoms. The Hall–Kier alpha value is -1.83. The molecule has 0 spiro atoms. The Labute approximate surface area is 117 Å². The fourth-order valence-corrected chi connectivity index (χ4v) is 1.67. The molecule has 0 radical (unpaired) electrons. The summed E-state index contributed by atoms with van der Waals surface area (Å²) in [7, 11) is 0. The Bertz CT molecular complexity index is 534. The number of halogens is 4. The summed E-state index contributed by atoms with van der Waals surface area (Å²) < 4.78 is 37.4. The Morgan fingerprint density at radius 1 is 1.45 bits per heavy atom. The van der Waals surface area contributed by atoms with Crippen molar-refractivity contribution in [3.63, 3.8) is 0 Å². The van der Waals surface area contributed by atoms with E-state index in [1.54, 1.807) is 0 Å². The van der Waals surface area contributed by atoms with Gasteiger partial charge in [0.15, 0.2) is 5.82 Å². The first-order chi connectivity index (χ1) is 9.12. The highest BCUT2D eigenvalue weighted by Gasteiger charge is 2.32. The van der Waals surface area contributed by atoms with Crippen molar-refractivity contribution < 1.29 is 27.9 Å². The first-order valence-electron chi connectivity index (χ1n) is 5.35. The summed E-state index contributed by atoms with van der Waals surface area (Å²) >= 11 is 5.69. The number of hydrogen-bond donors (Lipinski definition) is 1. The molecule has 0 aliphatic heterocycles. The fraction of sp³-hybridized carbons (Fsp3) is 0.364. The minimum atomic E-state index is -4.60. The maximum absolute atomic E-state index is 12.5. The summed E-state index contributed by atoms with van der Waals surface area (Å²) in [5, 5.41) is 8.20. The lowest BCUT2D eigenvalue weighted by Crippen LogP contribution is -2.32. The molecule has 0 fully saturated rings. The number of aliphatic carboxylic acids is 1. The van der Waals surface area contributed by atoms with Gasteiger partial charge in [-0.3, -0.25) is 14.5 Å². The van der Waals surface area contributed by atoms with E-state index in [4.69, 9.17) is 16.7 Å². The number of rotatable bonds is 4. The van der Waals surface area contributed by atoms with Gasteiger partial charge in [0.05, 0.1) is 17.0 Å². The van der Waals surface area contributed by atoms with Gasteiger partial charge < -0.3 is 5.11 Å². The van der Waals surface area contributed by atoms with E-state index in [-0.39, 0.29) is 23.8 Å². The number of pyridine rings is 1. The van der Waals surface area contributed by atoms with E-state index in [9.17, 15) is 22.8 Å². The van der Waals surface area contributed by atoms with Crippen molar-refractivity contribution in [2.45, 2.75) is 19.5 Å². The van der Waals surface area contributed by atoms with Gasteiger partial charge in [-0.15, -0.1) is 0 Å². The van der Waals surface area contributed by atoms with Crippen LogP contribution in [0.1, 0.15) is 18.9 Å². The third-order valence-corrected chi connectivity index (χ3v) is 2.61. The van der Waals surface area contributed by atoms with Crippen molar-refractivity contribution in [3.05, 3.63) is 22.8 Å². The van der Waals surface area contributed by atoms with Crippen LogP contribution in [0.2, 0.25) is 5.02 Å². The van der Waals surface area contributed by atoms with Crippen LogP contribution in [0.25, 0.3) is 0 Å². The van der Waals surface area contributed by atoms with Gasteiger partial charge in [0.2, 0.25) is 5.91 Å². The Kier molecular flexibility index (Phi) is 4.93. The molecule has 0 aromatic carbocycles. The average Bonchev–Trinajstić information content (AvgIpc) is 2.28. The van der Waals surface area contributed by atoms with E-state index in [2.05, 4.69) is 4.98 Å². The molecule has 9 heteroatoms.